The summed E-state index contributed by atoms with van der Waals surface area (Å²) in [5, 5.41) is 37.5. The minimum absolute atomic E-state index is 0.0362. The van der Waals surface area contributed by atoms with Gasteiger partial charge in [-0.1, -0.05) is 58.6 Å². The first-order valence-corrected chi connectivity index (χ1v) is 22.5. The number of unbranched alkanes of at least 4 members (excludes halogenated alkanes) is 4. The Bertz CT molecular complexity index is 1700. The largest absolute Gasteiger partial charge is 0.497 e. The molecule has 0 saturated carbocycles. The van der Waals surface area contributed by atoms with Gasteiger partial charge in [0, 0.05) is 42.4 Å². The van der Waals surface area contributed by atoms with Gasteiger partial charge in [0.25, 0.3) is 5.91 Å². The van der Waals surface area contributed by atoms with Gasteiger partial charge in [-0.2, -0.15) is 0 Å². The van der Waals surface area contributed by atoms with Gasteiger partial charge in [0.2, 0.25) is 5.79 Å². The van der Waals surface area contributed by atoms with Crippen molar-refractivity contribution >= 4 is 23.8 Å². The number of carbonyl (C=O) groups is 4. The smallest absolute Gasteiger partial charge is 0.330 e. The summed E-state index contributed by atoms with van der Waals surface area (Å²) in [5.41, 5.74) is -0.664. The lowest BCUT2D eigenvalue weighted by Gasteiger charge is -2.51. The van der Waals surface area contributed by atoms with Crippen LogP contribution >= 0.6 is 0 Å². The molecule has 1 unspecified atom stereocenters. The molecule has 15 nitrogen and oxygen atoms in total. The van der Waals surface area contributed by atoms with E-state index in [1.54, 1.807) is 51.3 Å². The minimum atomic E-state index is -2.31. The second-order valence-electron chi connectivity index (χ2n) is 17.8. The summed E-state index contributed by atoms with van der Waals surface area (Å²) >= 11 is 0. The van der Waals surface area contributed by atoms with E-state index < -0.39 is 66.2 Å². The van der Waals surface area contributed by atoms with Crippen LogP contribution in [0.15, 0.2) is 48.1 Å². The van der Waals surface area contributed by atoms with Crippen molar-refractivity contribution in [1.82, 2.24) is 5.32 Å². The van der Waals surface area contributed by atoms with Gasteiger partial charge >= 0.3 is 17.9 Å². The quantitative estimate of drug-likeness (QED) is 0.0669. The van der Waals surface area contributed by atoms with E-state index in [1.165, 1.54) is 13.2 Å². The Morgan fingerprint density at radius 2 is 1.63 bits per heavy atom. The molecule has 346 valence electrons. The molecule has 1 aromatic rings. The van der Waals surface area contributed by atoms with Crippen LogP contribution in [0.1, 0.15) is 134 Å². The zero-order valence-electron chi connectivity index (χ0n) is 37.1. The standard InChI is InChI=1S/C47H69NO14/c1-6-7-8-9-10-14-41(51)61-44-31(22-42(52)57-5)21-39-28-40(29-49)60-43(53)26-33(50)25-35-12-11-13-36(58-35)27-38-24-32(48-45(54)30-15-17-34(56-4)18-16-30)23-37(59-38)19-20-46(2,3)47(44,55)62-39/h15-20,22,32-33,35-40,44,49-50,55H,6-14,21,23-29H2,1-5H3,(H,48,54)/b20-19-,31-22+/t32?,33-,35+,36-,37+,38+,39+,40-,44+,47-/m1/s1. The zero-order valence-corrected chi connectivity index (χ0v) is 37.1. The molecule has 5 rings (SSSR count). The maximum Gasteiger partial charge on any atom is 0.330 e. The number of amides is 1. The Kier molecular flexibility index (Phi) is 18.4. The molecule has 4 aliphatic rings. The SMILES string of the molecule is CCCCCCCC(=O)O[C@H]1/C(=C/C(=O)OC)C[C@H]2C[C@H](CO)OC(=O)C[C@H](O)C[C@@H]3CCC[C@H](C[C@@H]4CC(NC(=O)c5ccc(OC)cc5)C[C@H](/C=C\C(C)(C)[C@]1(O)O2)O4)O3. The zero-order chi connectivity index (χ0) is 44.9. The highest BCUT2D eigenvalue weighted by Crippen LogP contribution is 2.47. The molecule has 4 heterocycles. The average molecular weight is 872 g/mol. The molecule has 1 amide bonds. The summed E-state index contributed by atoms with van der Waals surface area (Å²) in [5.74, 6) is -3.98. The Morgan fingerprint density at radius 3 is 2.32 bits per heavy atom. The molecule has 4 N–H and O–H groups in total. The number of esters is 3. The second kappa shape index (κ2) is 23.2. The highest BCUT2D eigenvalue weighted by atomic mass is 16.7. The van der Waals surface area contributed by atoms with E-state index in [1.807, 2.05) is 6.08 Å². The summed E-state index contributed by atoms with van der Waals surface area (Å²) in [4.78, 5) is 53.1. The lowest BCUT2D eigenvalue weighted by atomic mass is 9.74. The topological polar surface area (TPSA) is 206 Å². The number of aliphatic hydroxyl groups excluding tert-OH is 2. The summed E-state index contributed by atoms with van der Waals surface area (Å²) in [6.07, 6.45) is 6.83. The number of rotatable bonds is 12. The van der Waals surface area contributed by atoms with Crippen LogP contribution in [0.25, 0.3) is 0 Å². The number of hydrogen-bond acceptors (Lipinski definition) is 14. The molecule has 15 heteroatoms. The van der Waals surface area contributed by atoms with E-state index in [4.69, 9.17) is 33.2 Å². The highest BCUT2D eigenvalue weighted by molar-refractivity contribution is 5.94. The van der Waals surface area contributed by atoms with Crippen molar-refractivity contribution < 1.29 is 67.7 Å². The van der Waals surface area contributed by atoms with Gasteiger partial charge in [-0.25, -0.2) is 4.79 Å². The van der Waals surface area contributed by atoms with E-state index in [0.29, 0.717) is 43.4 Å². The van der Waals surface area contributed by atoms with E-state index in [0.717, 1.165) is 38.5 Å². The van der Waals surface area contributed by atoms with Gasteiger partial charge in [0.1, 0.15) is 11.9 Å². The number of ether oxygens (including phenoxy) is 7. The second-order valence-corrected chi connectivity index (χ2v) is 17.8. The molecular weight excluding hydrogens is 803 g/mol. The van der Waals surface area contributed by atoms with Crippen molar-refractivity contribution in [3.63, 3.8) is 0 Å². The number of benzene rings is 1. The predicted molar refractivity (Wildman–Crippen MR) is 227 cm³/mol. The Morgan fingerprint density at radius 1 is 0.903 bits per heavy atom. The molecule has 4 aliphatic heterocycles. The van der Waals surface area contributed by atoms with E-state index in [-0.39, 0.29) is 67.9 Å². The Balaban J connectivity index is 1.51. The number of hydrogen-bond donors (Lipinski definition) is 4. The first-order valence-electron chi connectivity index (χ1n) is 22.5. The minimum Gasteiger partial charge on any atom is -0.497 e. The number of carbonyl (C=O) groups excluding carboxylic acids is 4. The van der Waals surface area contributed by atoms with Gasteiger partial charge in [-0.05, 0) is 81.2 Å². The summed E-state index contributed by atoms with van der Waals surface area (Å²) < 4.78 is 41.7. The first-order chi connectivity index (χ1) is 29.6. The third-order valence-corrected chi connectivity index (χ3v) is 12.4. The first kappa shape index (κ1) is 49.2. The molecule has 0 aromatic heterocycles. The Labute approximate surface area is 365 Å². The summed E-state index contributed by atoms with van der Waals surface area (Å²) in [7, 11) is 2.77. The van der Waals surface area contributed by atoms with Crippen molar-refractivity contribution in [2.75, 3.05) is 20.8 Å². The molecule has 62 heavy (non-hydrogen) atoms. The van der Waals surface area contributed by atoms with Gasteiger partial charge < -0.3 is 53.8 Å². The van der Waals surface area contributed by atoms with Crippen molar-refractivity contribution in [3.8, 4) is 5.75 Å². The van der Waals surface area contributed by atoms with Crippen molar-refractivity contribution in [1.29, 1.82) is 0 Å². The molecular formula is C47H69NO14. The van der Waals surface area contributed by atoms with Crippen LogP contribution in [0, 0.1) is 5.41 Å². The van der Waals surface area contributed by atoms with Crippen LogP contribution in [-0.2, 0) is 42.8 Å². The maximum absolute atomic E-state index is 13.5. The predicted octanol–water partition coefficient (Wildman–Crippen LogP) is 5.55. The van der Waals surface area contributed by atoms with Crippen LogP contribution in [0.4, 0.5) is 0 Å². The number of methoxy groups -OCH3 is 2. The van der Waals surface area contributed by atoms with E-state index in [9.17, 15) is 34.5 Å². The van der Waals surface area contributed by atoms with Crippen LogP contribution in [0.3, 0.4) is 0 Å². The van der Waals surface area contributed by atoms with Gasteiger partial charge in [-0.15, -0.1) is 0 Å². The van der Waals surface area contributed by atoms with Crippen molar-refractivity contribution in [2.45, 2.75) is 184 Å². The molecule has 0 spiro atoms. The maximum atomic E-state index is 13.5. The van der Waals surface area contributed by atoms with Crippen molar-refractivity contribution in [3.05, 3.63) is 53.6 Å². The van der Waals surface area contributed by atoms with E-state index >= 15 is 0 Å². The molecule has 3 saturated heterocycles. The number of nitrogens with one attached hydrogen (secondary N) is 1. The average Bonchev–Trinajstić information content (AvgIpc) is 3.23. The van der Waals surface area contributed by atoms with Crippen LogP contribution in [0.5, 0.6) is 5.75 Å². The fraction of sp³-hybridized carbons (Fsp3) is 0.702. The fourth-order valence-electron chi connectivity index (χ4n) is 8.98. The van der Waals surface area contributed by atoms with Crippen LogP contribution in [0.2, 0.25) is 0 Å². The molecule has 1 aromatic carbocycles. The molecule has 6 bridgehead atoms. The fourth-order valence-corrected chi connectivity index (χ4v) is 8.98. The third-order valence-electron chi connectivity index (χ3n) is 12.4. The summed E-state index contributed by atoms with van der Waals surface area (Å²) in [6.45, 7) is 4.94. The summed E-state index contributed by atoms with van der Waals surface area (Å²) in [6, 6.07) is 6.55. The lowest BCUT2D eigenvalue weighted by Crippen LogP contribution is -2.62. The van der Waals surface area contributed by atoms with Gasteiger partial charge in [0.15, 0.2) is 6.10 Å². The molecule has 3 fully saturated rings. The number of aliphatic hydroxyl groups is 3. The van der Waals surface area contributed by atoms with E-state index in [2.05, 4.69) is 12.2 Å². The number of fused-ring (bicyclic) bond motifs is 6. The molecule has 0 aliphatic carbocycles. The lowest BCUT2D eigenvalue weighted by molar-refractivity contribution is -0.327. The van der Waals surface area contributed by atoms with Crippen LogP contribution in [-0.4, -0.2) is 121 Å². The molecule has 10 atom stereocenters. The monoisotopic (exact) mass is 871 g/mol. The third kappa shape index (κ3) is 13.8. The Hall–Kier alpha value is -3.86. The van der Waals surface area contributed by atoms with Gasteiger partial charge in [0.05, 0.1) is 63.9 Å². The van der Waals surface area contributed by atoms with Crippen LogP contribution < -0.4 is 10.1 Å². The number of cyclic esters (lactones) is 1. The normalized spacial score (nSPS) is 33.0. The van der Waals surface area contributed by atoms with Crippen molar-refractivity contribution in [2.24, 2.45) is 5.41 Å². The van der Waals surface area contributed by atoms with Gasteiger partial charge in [-0.3, -0.25) is 14.4 Å². The highest BCUT2D eigenvalue weighted by Gasteiger charge is 2.57. The molecule has 0 radical (unpaired) electrons.